The van der Waals surface area contributed by atoms with Gasteiger partial charge in [-0.3, -0.25) is 14.4 Å². The smallest absolute Gasteiger partial charge is 0.328 e. The number of nitrogens with two attached hydrogens (primary N) is 1. The van der Waals surface area contributed by atoms with E-state index in [2.05, 4.69) is 10.6 Å². The predicted molar refractivity (Wildman–Crippen MR) is 95.3 cm³/mol. The van der Waals surface area contributed by atoms with Crippen LogP contribution in [-0.2, 0) is 19.2 Å². The van der Waals surface area contributed by atoms with Crippen LogP contribution < -0.4 is 21.7 Å². The van der Waals surface area contributed by atoms with Crippen molar-refractivity contribution in [2.75, 3.05) is 0 Å². The third-order valence-corrected chi connectivity index (χ3v) is 3.88. The topological polar surface area (TPSA) is 191 Å². The molecule has 11 heteroatoms. The summed E-state index contributed by atoms with van der Waals surface area (Å²) in [5.41, 5.74) is 5.69. The van der Waals surface area contributed by atoms with E-state index in [9.17, 15) is 29.4 Å². The molecule has 0 aliphatic heterocycles. The van der Waals surface area contributed by atoms with Crippen molar-refractivity contribution in [3.63, 3.8) is 0 Å². The van der Waals surface area contributed by atoms with Gasteiger partial charge in [0.25, 0.3) is 0 Å². The number of aliphatic carboxylic acids is 1. The fourth-order valence-electron chi connectivity index (χ4n) is 1.99. The molecule has 0 rings (SSSR count). The van der Waals surface area contributed by atoms with Crippen LogP contribution in [0.2, 0.25) is 0 Å². The number of hydrogen-bond acceptors (Lipinski definition) is 7. The molecule has 0 aromatic carbocycles. The third-order valence-electron chi connectivity index (χ3n) is 3.88. The second-order valence-electron chi connectivity index (χ2n) is 6.79. The Morgan fingerprint density at radius 1 is 0.741 bits per heavy atom. The van der Waals surface area contributed by atoms with Gasteiger partial charge in [0.15, 0.2) is 6.04 Å². The van der Waals surface area contributed by atoms with Crippen LogP contribution in [0.1, 0.15) is 34.6 Å². The summed E-state index contributed by atoms with van der Waals surface area (Å²) >= 11 is 0. The molecule has 27 heavy (non-hydrogen) atoms. The first-order chi connectivity index (χ1) is 12.3. The lowest BCUT2D eigenvalue weighted by molar-refractivity contribution is -0.146. The van der Waals surface area contributed by atoms with Crippen molar-refractivity contribution in [2.24, 2.45) is 11.7 Å². The second-order valence-corrected chi connectivity index (χ2v) is 6.79. The SMILES string of the molecule is CC(NC(=O)C(N)C(C)C)C(=O)NC(C(=O)NC(C(=O)O)C(C)O)C(C)O. The zero-order chi connectivity index (χ0) is 21.5. The van der Waals surface area contributed by atoms with Crippen molar-refractivity contribution in [2.45, 2.75) is 71.0 Å². The van der Waals surface area contributed by atoms with Crippen LogP contribution in [0.5, 0.6) is 0 Å². The van der Waals surface area contributed by atoms with Crippen molar-refractivity contribution in [3.8, 4) is 0 Å². The van der Waals surface area contributed by atoms with Gasteiger partial charge in [-0.15, -0.1) is 0 Å². The number of aliphatic hydroxyl groups excluding tert-OH is 2. The molecule has 0 bridgehead atoms. The molecule has 156 valence electrons. The third kappa shape index (κ3) is 7.89. The van der Waals surface area contributed by atoms with E-state index in [0.29, 0.717) is 0 Å². The molecular weight excluding hydrogens is 360 g/mol. The lowest BCUT2D eigenvalue weighted by Gasteiger charge is -2.26. The summed E-state index contributed by atoms with van der Waals surface area (Å²) in [6.07, 6.45) is -2.76. The number of aliphatic hydroxyl groups is 2. The Morgan fingerprint density at radius 3 is 1.56 bits per heavy atom. The van der Waals surface area contributed by atoms with E-state index < -0.39 is 60.1 Å². The molecule has 0 spiro atoms. The van der Waals surface area contributed by atoms with Crippen LogP contribution in [0.15, 0.2) is 0 Å². The number of rotatable bonds is 10. The van der Waals surface area contributed by atoms with Gasteiger partial charge in [-0.2, -0.15) is 0 Å². The van der Waals surface area contributed by atoms with E-state index >= 15 is 0 Å². The maximum atomic E-state index is 12.2. The standard InChI is InChI=1S/C16H30N4O7/c1-6(2)10(17)14(24)18-7(3)13(23)19-11(8(4)21)15(25)20-12(9(5)22)16(26)27/h6-12,21-22H,17H2,1-5H3,(H,18,24)(H,19,23)(H,20,25)(H,26,27). The minimum absolute atomic E-state index is 0.148. The Morgan fingerprint density at radius 2 is 1.19 bits per heavy atom. The Kier molecular flexibility index (Phi) is 9.90. The van der Waals surface area contributed by atoms with Gasteiger partial charge in [0, 0.05) is 0 Å². The molecule has 0 aromatic rings. The van der Waals surface area contributed by atoms with Crippen LogP contribution in [0.4, 0.5) is 0 Å². The summed E-state index contributed by atoms with van der Waals surface area (Å²) in [6, 6.07) is -4.98. The molecule has 6 atom stereocenters. The predicted octanol–water partition coefficient (Wildman–Crippen LogP) is -2.71. The normalized spacial score (nSPS) is 17.8. The maximum absolute atomic E-state index is 12.2. The van der Waals surface area contributed by atoms with Gasteiger partial charge in [-0.05, 0) is 26.7 Å². The van der Waals surface area contributed by atoms with Gasteiger partial charge in [-0.1, -0.05) is 13.8 Å². The van der Waals surface area contributed by atoms with Crippen LogP contribution in [0, 0.1) is 5.92 Å². The Bertz CT molecular complexity index is 551. The first-order valence-corrected chi connectivity index (χ1v) is 8.55. The number of carbonyl (C=O) groups is 4. The highest BCUT2D eigenvalue weighted by Gasteiger charge is 2.33. The Hall–Kier alpha value is -2.24. The zero-order valence-electron chi connectivity index (χ0n) is 16.1. The van der Waals surface area contributed by atoms with Gasteiger partial charge < -0.3 is 37.0 Å². The molecule has 0 radical (unpaired) electrons. The van der Waals surface area contributed by atoms with E-state index in [4.69, 9.17) is 10.8 Å². The van der Waals surface area contributed by atoms with Crippen LogP contribution >= 0.6 is 0 Å². The molecule has 0 fully saturated rings. The lowest BCUT2D eigenvalue weighted by Crippen LogP contribution is -2.60. The highest BCUT2D eigenvalue weighted by Crippen LogP contribution is 2.01. The monoisotopic (exact) mass is 390 g/mol. The summed E-state index contributed by atoms with van der Waals surface area (Å²) in [6.45, 7) is 7.24. The van der Waals surface area contributed by atoms with Gasteiger partial charge in [0.1, 0.15) is 12.1 Å². The molecule has 0 saturated carbocycles. The second kappa shape index (κ2) is 10.8. The van der Waals surface area contributed by atoms with Crippen molar-refractivity contribution in [3.05, 3.63) is 0 Å². The summed E-state index contributed by atoms with van der Waals surface area (Å²) in [4.78, 5) is 47.4. The van der Waals surface area contributed by atoms with Crippen LogP contribution in [0.3, 0.4) is 0 Å². The largest absolute Gasteiger partial charge is 0.480 e. The summed E-state index contributed by atoms with van der Waals surface area (Å²) in [5, 5.41) is 34.8. The summed E-state index contributed by atoms with van der Waals surface area (Å²) in [5.74, 6) is -3.94. The molecule has 0 aliphatic rings. The van der Waals surface area contributed by atoms with Crippen LogP contribution in [-0.4, -0.2) is 75.4 Å². The molecule has 0 aliphatic carbocycles. The quantitative estimate of drug-likeness (QED) is 0.209. The number of amides is 3. The molecule has 11 nitrogen and oxygen atoms in total. The minimum Gasteiger partial charge on any atom is -0.480 e. The van der Waals surface area contributed by atoms with E-state index in [1.807, 2.05) is 5.32 Å². The van der Waals surface area contributed by atoms with Gasteiger partial charge in [0.05, 0.1) is 18.2 Å². The van der Waals surface area contributed by atoms with E-state index in [1.54, 1.807) is 13.8 Å². The van der Waals surface area contributed by atoms with Crippen molar-refractivity contribution in [1.29, 1.82) is 0 Å². The van der Waals surface area contributed by atoms with E-state index in [1.165, 1.54) is 20.8 Å². The fourth-order valence-corrected chi connectivity index (χ4v) is 1.99. The van der Waals surface area contributed by atoms with E-state index in [-0.39, 0.29) is 5.92 Å². The van der Waals surface area contributed by atoms with Gasteiger partial charge in [-0.25, -0.2) is 4.79 Å². The highest BCUT2D eigenvalue weighted by atomic mass is 16.4. The molecule has 6 unspecified atom stereocenters. The number of carboxylic acid groups (broad SMARTS) is 1. The molecule has 0 heterocycles. The molecule has 3 amide bonds. The molecular formula is C16H30N4O7. The van der Waals surface area contributed by atoms with Crippen molar-refractivity contribution >= 4 is 23.7 Å². The molecule has 0 saturated heterocycles. The summed E-state index contributed by atoms with van der Waals surface area (Å²) < 4.78 is 0. The number of carboxylic acids is 1. The van der Waals surface area contributed by atoms with Gasteiger partial charge >= 0.3 is 5.97 Å². The van der Waals surface area contributed by atoms with Crippen LogP contribution in [0.25, 0.3) is 0 Å². The molecule has 0 aromatic heterocycles. The fraction of sp³-hybridized carbons (Fsp3) is 0.750. The lowest BCUT2D eigenvalue weighted by atomic mass is 10.0. The number of nitrogens with one attached hydrogen (secondary N) is 3. The maximum Gasteiger partial charge on any atom is 0.328 e. The van der Waals surface area contributed by atoms with Crippen molar-refractivity contribution in [1.82, 2.24) is 16.0 Å². The Balaban J connectivity index is 5.03. The number of hydrogen-bond donors (Lipinski definition) is 7. The minimum atomic E-state index is -1.61. The first-order valence-electron chi connectivity index (χ1n) is 8.55. The Labute approximate surface area is 157 Å². The highest BCUT2D eigenvalue weighted by molar-refractivity contribution is 5.94. The molecule has 8 N–H and O–H groups in total. The number of carbonyl (C=O) groups excluding carboxylic acids is 3. The summed E-state index contributed by atoms with van der Waals surface area (Å²) in [7, 11) is 0. The average molecular weight is 390 g/mol. The van der Waals surface area contributed by atoms with Gasteiger partial charge in [0.2, 0.25) is 17.7 Å². The van der Waals surface area contributed by atoms with E-state index in [0.717, 1.165) is 0 Å². The first kappa shape index (κ1) is 24.8. The van der Waals surface area contributed by atoms with Crippen molar-refractivity contribution < 1.29 is 34.5 Å². The zero-order valence-corrected chi connectivity index (χ0v) is 16.1. The average Bonchev–Trinajstić information content (AvgIpc) is 2.54.